The van der Waals surface area contributed by atoms with Gasteiger partial charge < -0.3 is 9.67 Å². The molecule has 1 N–H and O–H groups in total. The number of rotatable bonds is 2. The molecule has 22 heavy (non-hydrogen) atoms. The number of aromatic nitrogens is 3. The van der Waals surface area contributed by atoms with E-state index >= 15 is 0 Å². The maximum absolute atomic E-state index is 9.44. The van der Waals surface area contributed by atoms with E-state index in [1.165, 1.54) is 6.42 Å². The molecule has 1 aromatic carbocycles. The number of hydrogen-bond acceptors (Lipinski definition) is 4. The Bertz CT molecular complexity index is 713. The minimum atomic E-state index is 0. The Morgan fingerprint density at radius 1 is 1.18 bits per heavy atom. The lowest BCUT2D eigenvalue weighted by atomic mass is 10.1. The number of halogens is 1. The van der Waals surface area contributed by atoms with Gasteiger partial charge in [0.15, 0.2) is 5.82 Å². The number of hydrogen-bond donors (Lipinski definition) is 1. The van der Waals surface area contributed by atoms with Crippen LogP contribution in [0.5, 0.6) is 5.75 Å². The largest absolute Gasteiger partial charge is 0.508 e. The van der Waals surface area contributed by atoms with Gasteiger partial charge in [-0.25, -0.2) is 0 Å². The first kappa shape index (κ1) is 16.2. The van der Waals surface area contributed by atoms with Crippen molar-refractivity contribution in [2.45, 2.75) is 32.2 Å². The lowest BCUT2D eigenvalue weighted by molar-refractivity contribution is 0.475. The second kappa shape index (κ2) is 7.23. The van der Waals surface area contributed by atoms with Gasteiger partial charge in [0.1, 0.15) is 17.6 Å². The topological polar surface area (TPSA) is 74.7 Å². The molecule has 1 aliphatic heterocycles. The van der Waals surface area contributed by atoms with Gasteiger partial charge in [-0.1, -0.05) is 18.6 Å². The normalized spacial score (nSPS) is 14.4. The Morgan fingerprint density at radius 3 is 2.68 bits per heavy atom. The smallest absolute Gasteiger partial charge is 0.174 e. The van der Waals surface area contributed by atoms with Crippen LogP contribution in [-0.2, 0) is 13.0 Å². The van der Waals surface area contributed by atoms with E-state index in [9.17, 15) is 10.4 Å². The number of phenols is 1. The Morgan fingerprint density at radius 2 is 1.95 bits per heavy atom. The quantitative estimate of drug-likeness (QED) is 0.833. The average Bonchev–Trinajstić information content (AvgIpc) is 2.75. The maximum atomic E-state index is 9.44. The van der Waals surface area contributed by atoms with E-state index in [1.807, 2.05) is 0 Å². The summed E-state index contributed by atoms with van der Waals surface area (Å²) in [5.41, 5.74) is 1.36. The third-order valence-electron chi connectivity index (χ3n) is 3.67. The Balaban J connectivity index is 0.00000176. The van der Waals surface area contributed by atoms with E-state index in [1.54, 1.807) is 30.3 Å². The molecule has 0 fully saturated rings. The molecular formula is C16H17BrN4O. The van der Waals surface area contributed by atoms with Gasteiger partial charge in [-0.3, -0.25) is 0 Å². The van der Waals surface area contributed by atoms with Crippen LogP contribution in [0.1, 0.15) is 36.5 Å². The number of benzene rings is 1. The van der Waals surface area contributed by atoms with Crippen LogP contribution in [0.25, 0.3) is 11.6 Å². The molecule has 0 unspecified atom stereocenters. The van der Waals surface area contributed by atoms with Gasteiger partial charge in [0.2, 0.25) is 0 Å². The Labute approximate surface area is 139 Å². The zero-order valence-corrected chi connectivity index (χ0v) is 13.8. The van der Waals surface area contributed by atoms with Crippen LogP contribution in [0.4, 0.5) is 0 Å². The van der Waals surface area contributed by atoms with Crippen molar-refractivity contribution in [3.05, 3.63) is 41.5 Å². The number of nitrogens with zero attached hydrogens (tertiary/aromatic N) is 4. The third kappa shape index (κ3) is 3.37. The molecule has 3 rings (SSSR count). The van der Waals surface area contributed by atoms with Crippen molar-refractivity contribution in [1.29, 1.82) is 5.26 Å². The van der Waals surface area contributed by atoms with Crippen LogP contribution in [0.2, 0.25) is 0 Å². The molecule has 1 aromatic heterocycles. The Kier molecular flexibility index (Phi) is 5.34. The highest BCUT2D eigenvalue weighted by Gasteiger charge is 2.17. The van der Waals surface area contributed by atoms with E-state index in [4.69, 9.17) is 0 Å². The van der Waals surface area contributed by atoms with Crippen LogP contribution in [0, 0.1) is 11.3 Å². The van der Waals surface area contributed by atoms with Gasteiger partial charge in [0, 0.05) is 13.0 Å². The van der Waals surface area contributed by atoms with Gasteiger partial charge in [0.25, 0.3) is 0 Å². The molecular weight excluding hydrogens is 344 g/mol. The third-order valence-corrected chi connectivity index (χ3v) is 3.67. The summed E-state index contributed by atoms with van der Waals surface area (Å²) in [6.45, 7) is 0.867. The summed E-state index contributed by atoms with van der Waals surface area (Å²) in [5.74, 6) is 1.82. The summed E-state index contributed by atoms with van der Waals surface area (Å²) >= 11 is 0. The molecule has 0 saturated heterocycles. The average molecular weight is 361 g/mol. The second-order valence-corrected chi connectivity index (χ2v) is 5.16. The number of nitriles is 1. The van der Waals surface area contributed by atoms with Crippen molar-refractivity contribution in [2.24, 2.45) is 0 Å². The number of fused-ring (bicyclic) bond motifs is 1. The molecule has 0 bridgehead atoms. The summed E-state index contributed by atoms with van der Waals surface area (Å²) in [5, 5.41) is 27.2. The molecule has 6 heteroatoms. The van der Waals surface area contributed by atoms with Crippen molar-refractivity contribution >= 4 is 28.6 Å². The van der Waals surface area contributed by atoms with Crippen LogP contribution in [-0.4, -0.2) is 19.9 Å². The van der Waals surface area contributed by atoms with E-state index in [-0.39, 0.29) is 22.7 Å². The van der Waals surface area contributed by atoms with Gasteiger partial charge >= 0.3 is 0 Å². The molecule has 1 aliphatic rings. The first-order valence-electron chi connectivity index (χ1n) is 7.11. The monoisotopic (exact) mass is 360 g/mol. The highest BCUT2D eigenvalue weighted by Crippen LogP contribution is 2.22. The number of aromatic hydroxyl groups is 1. The predicted octanol–water partition coefficient (Wildman–Crippen LogP) is 3.35. The maximum Gasteiger partial charge on any atom is 0.174 e. The van der Waals surface area contributed by atoms with E-state index in [0.29, 0.717) is 11.4 Å². The fraction of sp³-hybridized carbons (Fsp3) is 0.312. The van der Waals surface area contributed by atoms with Gasteiger partial charge in [0.05, 0.1) is 5.57 Å². The molecule has 0 saturated carbocycles. The molecule has 0 amide bonds. The predicted molar refractivity (Wildman–Crippen MR) is 89.5 cm³/mol. The van der Waals surface area contributed by atoms with Crippen LogP contribution in [0.15, 0.2) is 24.3 Å². The summed E-state index contributed by atoms with van der Waals surface area (Å²) < 4.78 is 2.06. The van der Waals surface area contributed by atoms with Crippen molar-refractivity contribution < 1.29 is 5.11 Å². The fourth-order valence-electron chi connectivity index (χ4n) is 2.57. The zero-order chi connectivity index (χ0) is 14.7. The minimum Gasteiger partial charge on any atom is -0.508 e. The van der Waals surface area contributed by atoms with Gasteiger partial charge in [-0.15, -0.1) is 27.2 Å². The molecule has 5 nitrogen and oxygen atoms in total. The highest BCUT2D eigenvalue weighted by molar-refractivity contribution is 8.93. The molecule has 114 valence electrons. The summed E-state index contributed by atoms with van der Waals surface area (Å²) in [6, 6.07) is 8.96. The van der Waals surface area contributed by atoms with Gasteiger partial charge in [-0.2, -0.15) is 5.26 Å². The minimum absolute atomic E-state index is 0. The van der Waals surface area contributed by atoms with Crippen molar-refractivity contribution in [3.63, 3.8) is 0 Å². The Hall–Kier alpha value is -2.13. The van der Waals surface area contributed by atoms with Crippen molar-refractivity contribution in [3.8, 4) is 11.8 Å². The molecule has 0 atom stereocenters. The number of phenolic OH excluding ortho intramolecular Hbond substituents is 1. The van der Waals surface area contributed by atoms with Crippen molar-refractivity contribution in [2.75, 3.05) is 0 Å². The molecule has 2 heterocycles. The lowest BCUT2D eigenvalue weighted by Gasteiger charge is -2.05. The van der Waals surface area contributed by atoms with Crippen LogP contribution >= 0.6 is 17.0 Å². The second-order valence-electron chi connectivity index (χ2n) is 5.16. The van der Waals surface area contributed by atoms with E-state index in [2.05, 4.69) is 20.8 Å². The first-order valence-corrected chi connectivity index (χ1v) is 7.11. The number of aryl methyl sites for hydroxylation is 1. The standard InChI is InChI=1S/C16H16N4O.BrH/c17-11-13(10-12-5-7-14(21)8-6-12)16-19-18-15-4-2-1-3-9-20(15)16;/h5-8,10,21H,1-4,9H2;1H. The van der Waals surface area contributed by atoms with E-state index < -0.39 is 0 Å². The van der Waals surface area contributed by atoms with Crippen molar-refractivity contribution in [1.82, 2.24) is 14.8 Å². The first-order chi connectivity index (χ1) is 10.3. The van der Waals surface area contributed by atoms with E-state index in [0.717, 1.165) is 37.2 Å². The summed E-state index contributed by atoms with van der Waals surface area (Å²) in [7, 11) is 0. The number of allylic oxidation sites excluding steroid dienone is 1. The molecule has 0 aliphatic carbocycles. The fourth-order valence-corrected chi connectivity index (χ4v) is 2.57. The summed E-state index contributed by atoms with van der Waals surface area (Å²) in [6.07, 6.45) is 6.11. The summed E-state index contributed by atoms with van der Waals surface area (Å²) in [4.78, 5) is 0. The zero-order valence-electron chi connectivity index (χ0n) is 12.1. The molecule has 2 aromatic rings. The highest BCUT2D eigenvalue weighted by atomic mass is 79.9. The van der Waals surface area contributed by atoms with Crippen LogP contribution < -0.4 is 0 Å². The molecule has 0 spiro atoms. The van der Waals surface area contributed by atoms with Crippen LogP contribution in [0.3, 0.4) is 0 Å². The molecule has 0 radical (unpaired) electrons. The van der Waals surface area contributed by atoms with Gasteiger partial charge in [-0.05, 0) is 36.6 Å². The lowest BCUT2D eigenvalue weighted by Crippen LogP contribution is -2.05. The SMILES string of the molecule is Br.N#CC(=Cc1ccc(O)cc1)c1nnc2n1CCCCC2.